The van der Waals surface area contributed by atoms with Crippen molar-refractivity contribution in [3.8, 4) is 0 Å². The van der Waals surface area contributed by atoms with Crippen LogP contribution in [-0.2, 0) is 6.42 Å². The number of halogens is 3. The molecule has 0 saturated heterocycles. The van der Waals surface area contributed by atoms with Gasteiger partial charge in [0.25, 0.3) is 0 Å². The number of hydrogen-bond donors (Lipinski definition) is 0. The van der Waals surface area contributed by atoms with Crippen LogP contribution in [-0.4, -0.2) is 9.36 Å². The van der Waals surface area contributed by atoms with Crippen molar-refractivity contribution in [1.82, 2.24) is 9.36 Å². The molecule has 0 radical (unpaired) electrons. The summed E-state index contributed by atoms with van der Waals surface area (Å²) in [5.41, 5.74) is 0.452. The Hall–Kier alpha value is -0.270. The Balaban J connectivity index is 2.31. The van der Waals surface area contributed by atoms with Gasteiger partial charge in [0.15, 0.2) is 3.01 Å². The molecule has 0 spiro atoms. The van der Waals surface area contributed by atoms with E-state index in [1.807, 2.05) is 0 Å². The highest BCUT2D eigenvalue weighted by Crippen LogP contribution is 2.22. The van der Waals surface area contributed by atoms with Gasteiger partial charge in [-0.2, -0.15) is 4.37 Å². The number of hydrogen-bond acceptors (Lipinski definition) is 3. The lowest BCUT2D eigenvalue weighted by Gasteiger charge is -2.02. The average Bonchev–Trinajstić information content (AvgIpc) is 2.58. The predicted molar refractivity (Wildman–Crippen MR) is 66.8 cm³/mol. The van der Waals surface area contributed by atoms with Crippen molar-refractivity contribution >= 4 is 45.7 Å². The summed E-state index contributed by atoms with van der Waals surface area (Å²) in [5.74, 6) is 0.295. The second kappa shape index (κ2) is 4.71. The summed E-state index contributed by atoms with van der Waals surface area (Å²) in [6, 6.07) is 4.63. The first kappa shape index (κ1) is 11.2. The van der Waals surface area contributed by atoms with Gasteiger partial charge in [0.05, 0.1) is 0 Å². The predicted octanol–water partition coefficient (Wildman–Crippen LogP) is 3.53. The van der Waals surface area contributed by atoms with Crippen molar-refractivity contribution < 1.29 is 4.39 Å². The summed E-state index contributed by atoms with van der Waals surface area (Å²) >= 11 is 9.27. The summed E-state index contributed by atoms with van der Waals surface area (Å²) in [5, 5.41) is 0.416. The van der Waals surface area contributed by atoms with Gasteiger partial charge in [0.1, 0.15) is 11.6 Å². The molecule has 0 aliphatic carbocycles. The largest absolute Gasteiger partial charge is 0.213 e. The number of nitrogens with zero attached hydrogens (tertiary/aromatic N) is 2. The number of rotatable bonds is 2. The van der Waals surface area contributed by atoms with Gasteiger partial charge in [-0.15, -0.1) is 0 Å². The molecule has 15 heavy (non-hydrogen) atoms. The van der Waals surface area contributed by atoms with Crippen LogP contribution in [0.5, 0.6) is 0 Å². The van der Waals surface area contributed by atoms with Gasteiger partial charge >= 0.3 is 0 Å². The topological polar surface area (TPSA) is 25.8 Å². The molecule has 78 valence electrons. The molecule has 6 heteroatoms. The molecule has 0 aliphatic rings. The Bertz CT molecular complexity index is 468. The zero-order valence-corrected chi connectivity index (χ0v) is 11.1. The van der Waals surface area contributed by atoms with Crippen LogP contribution < -0.4 is 0 Å². The lowest BCUT2D eigenvalue weighted by Crippen LogP contribution is -1.95. The third-order valence-electron chi connectivity index (χ3n) is 1.84. The van der Waals surface area contributed by atoms with Gasteiger partial charge in [-0.3, -0.25) is 0 Å². The fourth-order valence-electron chi connectivity index (χ4n) is 1.16. The molecular formula is C9H5ClFIN2S. The molecule has 0 unspecified atom stereocenters. The number of benzene rings is 1. The normalized spacial score (nSPS) is 10.6. The first-order valence-corrected chi connectivity index (χ1v) is 6.31. The van der Waals surface area contributed by atoms with Gasteiger partial charge in [-0.05, 0) is 46.3 Å². The van der Waals surface area contributed by atoms with Gasteiger partial charge in [0, 0.05) is 17.0 Å². The molecule has 0 aliphatic heterocycles. The molecule has 0 fully saturated rings. The van der Waals surface area contributed by atoms with Crippen molar-refractivity contribution in [3.05, 3.63) is 43.4 Å². The van der Waals surface area contributed by atoms with E-state index in [1.165, 1.54) is 17.6 Å². The highest BCUT2D eigenvalue weighted by molar-refractivity contribution is 14.1. The molecule has 1 heterocycles. The summed E-state index contributed by atoms with van der Waals surface area (Å²) in [4.78, 5) is 4.16. The Morgan fingerprint density at radius 1 is 1.47 bits per heavy atom. The third-order valence-corrected chi connectivity index (χ3v) is 3.57. The lowest BCUT2D eigenvalue weighted by molar-refractivity contribution is 0.612. The van der Waals surface area contributed by atoms with Crippen LogP contribution in [0.25, 0.3) is 0 Å². The van der Waals surface area contributed by atoms with Crippen LogP contribution in [0.1, 0.15) is 11.4 Å². The molecule has 0 amide bonds. The second-order valence-electron chi connectivity index (χ2n) is 2.84. The van der Waals surface area contributed by atoms with Gasteiger partial charge in [0.2, 0.25) is 0 Å². The van der Waals surface area contributed by atoms with E-state index in [9.17, 15) is 4.39 Å². The van der Waals surface area contributed by atoms with Crippen LogP contribution in [0.15, 0.2) is 18.2 Å². The van der Waals surface area contributed by atoms with E-state index < -0.39 is 0 Å². The van der Waals surface area contributed by atoms with Gasteiger partial charge in [-0.1, -0.05) is 17.7 Å². The first-order valence-electron chi connectivity index (χ1n) is 4.08. The van der Waals surface area contributed by atoms with Gasteiger partial charge < -0.3 is 0 Å². The summed E-state index contributed by atoms with van der Waals surface area (Å²) < 4.78 is 18.3. The lowest BCUT2D eigenvalue weighted by atomic mass is 10.1. The third kappa shape index (κ3) is 2.64. The molecule has 1 aromatic carbocycles. The molecule has 1 aromatic heterocycles. The molecule has 2 nitrogen and oxygen atoms in total. The highest BCUT2D eigenvalue weighted by Gasteiger charge is 2.10. The van der Waals surface area contributed by atoms with Crippen molar-refractivity contribution in [2.45, 2.75) is 6.42 Å². The van der Waals surface area contributed by atoms with Crippen LogP contribution in [0.4, 0.5) is 4.39 Å². The highest BCUT2D eigenvalue weighted by atomic mass is 127. The molecule has 2 aromatic rings. The fraction of sp³-hybridized carbons (Fsp3) is 0.111. The van der Waals surface area contributed by atoms with E-state index in [4.69, 9.17) is 11.6 Å². The van der Waals surface area contributed by atoms with Gasteiger partial charge in [-0.25, -0.2) is 9.37 Å². The van der Waals surface area contributed by atoms with Crippen molar-refractivity contribution in [1.29, 1.82) is 0 Å². The van der Waals surface area contributed by atoms with E-state index >= 15 is 0 Å². The van der Waals surface area contributed by atoms with E-state index in [2.05, 4.69) is 31.9 Å². The summed E-state index contributed by atoms with van der Waals surface area (Å²) in [7, 11) is 0. The van der Waals surface area contributed by atoms with E-state index in [1.54, 1.807) is 12.1 Å². The standard InChI is InChI=1S/C9H5ClFIN2S/c10-6-2-1-3-7(11)5(6)4-8-13-9(12)15-14-8/h1-3H,4H2. The van der Waals surface area contributed by atoms with Crippen LogP contribution >= 0.6 is 45.7 Å². The van der Waals surface area contributed by atoms with E-state index in [0.29, 0.717) is 22.8 Å². The molecule has 0 N–H and O–H groups in total. The van der Waals surface area contributed by atoms with Crippen LogP contribution in [0.2, 0.25) is 5.02 Å². The molecular weight excluding hydrogens is 350 g/mol. The van der Waals surface area contributed by atoms with Crippen molar-refractivity contribution in [3.63, 3.8) is 0 Å². The smallest absolute Gasteiger partial charge is 0.173 e. The summed E-state index contributed by atoms with van der Waals surface area (Å²) in [6.07, 6.45) is 0.338. The minimum atomic E-state index is -0.313. The molecule has 2 rings (SSSR count). The maximum Gasteiger partial charge on any atom is 0.173 e. The Morgan fingerprint density at radius 3 is 2.87 bits per heavy atom. The Morgan fingerprint density at radius 2 is 2.27 bits per heavy atom. The zero-order valence-electron chi connectivity index (χ0n) is 7.38. The Labute approximate surface area is 109 Å². The van der Waals surface area contributed by atoms with Crippen LogP contribution in [0.3, 0.4) is 0 Å². The first-order chi connectivity index (χ1) is 7.16. The molecule has 0 saturated carbocycles. The van der Waals surface area contributed by atoms with Crippen molar-refractivity contribution in [2.75, 3.05) is 0 Å². The molecule has 0 bridgehead atoms. The van der Waals surface area contributed by atoms with Crippen molar-refractivity contribution in [2.24, 2.45) is 0 Å². The SMILES string of the molecule is Fc1cccc(Cl)c1Cc1nsc(I)n1. The quantitative estimate of drug-likeness (QED) is 0.771. The zero-order chi connectivity index (χ0) is 10.8. The number of aromatic nitrogens is 2. The average molecular weight is 355 g/mol. The molecule has 0 atom stereocenters. The van der Waals surface area contributed by atoms with E-state index in [0.717, 1.165) is 3.01 Å². The monoisotopic (exact) mass is 354 g/mol. The maximum absolute atomic E-state index is 13.4. The minimum absolute atomic E-state index is 0.313. The Kier molecular flexibility index (Phi) is 3.53. The van der Waals surface area contributed by atoms with E-state index in [-0.39, 0.29) is 5.82 Å². The summed E-state index contributed by atoms with van der Waals surface area (Å²) in [6.45, 7) is 0. The minimum Gasteiger partial charge on any atom is -0.213 e. The second-order valence-corrected chi connectivity index (χ2v) is 5.75. The fourth-order valence-corrected chi connectivity index (χ4v) is 2.40. The maximum atomic E-state index is 13.4. The van der Waals surface area contributed by atoms with Crippen LogP contribution in [0, 0.1) is 8.83 Å².